The number of sulfone groups is 1. The first-order valence-electron chi connectivity index (χ1n) is 10.2. The summed E-state index contributed by atoms with van der Waals surface area (Å²) in [4.78, 5) is 18.9. The molecule has 9 heteroatoms. The van der Waals surface area contributed by atoms with Gasteiger partial charge in [-0.2, -0.15) is 0 Å². The number of benzene rings is 1. The number of guanidine groups is 1. The number of nitrogens with one attached hydrogen (secondary N) is 2. The highest BCUT2D eigenvalue weighted by Gasteiger charge is 2.40. The van der Waals surface area contributed by atoms with Crippen LogP contribution in [0.15, 0.2) is 29.3 Å². The molecule has 1 aliphatic rings. The van der Waals surface area contributed by atoms with Crippen molar-refractivity contribution in [2.45, 2.75) is 58.4 Å². The maximum atomic E-state index is 12.3. The van der Waals surface area contributed by atoms with Gasteiger partial charge in [-0.25, -0.2) is 13.4 Å². The number of halogens is 1. The Morgan fingerprint density at radius 1 is 1.23 bits per heavy atom. The van der Waals surface area contributed by atoms with Crippen molar-refractivity contribution < 1.29 is 13.2 Å². The lowest BCUT2D eigenvalue weighted by molar-refractivity contribution is 0.0939. The van der Waals surface area contributed by atoms with Crippen LogP contribution in [0.25, 0.3) is 0 Å². The van der Waals surface area contributed by atoms with Gasteiger partial charge >= 0.3 is 0 Å². The van der Waals surface area contributed by atoms with E-state index >= 15 is 0 Å². The molecule has 1 heterocycles. The lowest BCUT2D eigenvalue weighted by atomic mass is 10.1. The Kier molecular flexibility index (Phi) is 10.1. The van der Waals surface area contributed by atoms with E-state index in [0.29, 0.717) is 37.7 Å². The average Bonchev–Trinajstić information content (AvgIpc) is 2.67. The molecule has 0 spiro atoms. The molecule has 1 atom stereocenters. The van der Waals surface area contributed by atoms with Crippen LogP contribution in [0.5, 0.6) is 0 Å². The fourth-order valence-corrected chi connectivity index (χ4v) is 4.45. The molecule has 0 aliphatic carbocycles. The van der Waals surface area contributed by atoms with E-state index in [2.05, 4.69) is 10.6 Å². The number of aliphatic imine (C=N–C) groups is 1. The van der Waals surface area contributed by atoms with Crippen LogP contribution in [0.2, 0.25) is 0 Å². The summed E-state index contributed by atoms with van der Waals surface area (Å²) in [7, 11) is -3.10. The van der Waals surface area contributed by atoms with E-state index in [0.717, 1.165) is 12.0 Å². The van der Waals surface area contributed by atoms with Crippen molar-refractivity contribution in [2.24, 2.45) is 4.99 Å². The molecule has 0 saturated carbocycles. The van der Waals surface area contributed by atoms with Gasteiger partial charge in [0.15, 0.2) is 15.8 Å². The Bertz CT molecular complexity index is 838. The molecule has 7 nitrogen and oxygen atoms in total. The van der Waals surface area contributed by atoms with Gasteiger partial charge in [-0.1, -0.05) is 19.1 Å². The molecule has 1 fully saturated rings. The largest absolute Gasteiger partial charge is 0.357 e. The summed E-state index contributed by atoms with van der Waals surface area (Å²) in [5.74, 6) is 0.776. The quantitative estimate of drug-likeness (QED) is 0.323. The zero-order valence-corrected chi connectivity index (χ0v) is 21.7. The highest BCUT2D eigenvalue weighted by Crippen LogP contribution is 2.23. The summed E-state index contributed by atoms with van der Waals surface area (Å²) < 4.78 is 23.7. The third kappa shape index (κ3) is 6.83. The van der Waals surface area contributed by atoms with Crippen molar-refractivity contribution >= 4 is 45.7 Å². The molecule has 0 bridgehead atoms. The molecule has 1 unspecified atom stereocenters. The second-order valence-electron chi connectivity index (χ2n) is 8.15. The van der Waals surface area contributed by atoms with E-state index in [9.17, 15) is 13.2 Å². The van der Waals surface area contributed by atoms with Gasteiger partial charge in [-0.05, 0) is 51.8 Å². The first kappa shape index (κ1) is 26.7. The van der Waals surface area contributed by atoms with E-state index in [1.165, 1.54) is 0 Å². The summed E-state index contributed by atoms with van der Waals surface area (Å²) in [6, 6.07) is 7.58. The minimum atomic E-state index is -3.10. The van der Waals surface area contributed by atoms with Crippen LogP contribution in [0, 0.1) is 0 Å². The normalized spacial score (nSPS) is 18.8. The zero-order valence-electron chi connectivity index (χ0n) is 18.6. The third-order valence-corrected chi connectivity index (χ3v) is 7.83. The lowest BCUT2D eigenvalue weighted by Crippen LogP contribution is -2.57. The number of carbonyl (C=O) groups excluding carboxylic acids is 1. The van der Waals surface area contributed by atoms with Crippen molar-refractivity contribution in [3.63, 3.8) is 0 Å². The fraction of sp³-hybridized carbons (Fsp3) is 0.619. The minimum absolute atomic E-state index is 0. The Morgan fingerprint density at radius 3 is 2.40 bits per heavy atom. The smallest absolute Gasteiger partial charge is 0.251 e. The highest BCUT2D eigenvalue weighted by molar-refractivity contribution is 14.0. The third-order valence-electron chi connectivity index (χ3n) is 5.30. The van der Waals surface area contributed by atoms with Gasteiger partial charge in [0, 0.05) is 31.2 Å². The van der Waals surface area contributed by atoms with Crippen LogP contribution in [-0.2, 0) is 16.4 Å². The lowest BCUT2D eigenvalue weighted by Gasteiger charge is -2.39. The number of nitrogens with zero attached hydrogens (tertiary/aromatic N) is 2. The predicted molar refractivity (Wildman–Crippen MR) is 133 cm³/mol. The molecular weight excluding hydrogens is 515 g/mol. The molecule has 0 aromatic heterocycles. The summed E-state index contributed by atoms with van der Waals surface area (Å²) in [6.45, 7) is 11.6. The van der Waals surface area contributed by atoms with E-state index in [1.807, 2.05) is 49.9 Å². The average molecular weight is 551 g/mol. The van der Waals surface area contributed by atoms with E-state index < -0.39 is 14.6 Å². The van der Waals surface area contributed by atoms with Crippen LogP contribution in [0.4, 0.5) is 0 Å². The predicted octanol–water partition coefficient (Wildman–Crippen LogP) is 2.81. The second-order valence-corrected chi connectivity index (χ2v) is 10.9. The van der Waals surface area contributed by atoms with Crippen LogP contribution < -0.4 is 10.6 Å². The Hall–Kier alpha value is -1.36. The van der Waals surface area contributed by atoms with Gasteiger partial charge in [0.2, 0.25) is 0 Å². The zero-order chi connectivity index (χ0) is 21.7. The molecule has 170 valence electrons. The first-order valence-corrected chi connectivity index (χ1v) is 11.9. The Balaban J connectivity index is 0.00000450. The topological polar surface area (TPSA) is 90.9 Å². The molecule has 1 saturated heterocycles. The summed E-state index contributed by atoms with van der Waals surface area (Å²) in [5.41, 5.74) is 1.62. The molecule has 1 aliphatic heterocycles. The van der Waals surface area contributed by atoms with Crippen LogP contribution in [0.3, 0.4) is 0 Å². The van der Waals surface area contributed by atoms with Crippen molar-refractivity contribution in [3.05, 3.63) is 35.4 Å². The van der Waals surface area contributed by atoms with Crippen molar-refractivity contribution in [2.75, 3.05) is 25.4 Å². The van der Waals surface area contributed by atoms with Gasteiger partial charge in [0.25, 0.3) is 5.91 Å². The Morgan fingerprint density at radius 2 is 1.87 bits per heavy atom. The van der Waals surface area contributed by atoms with Crippen LogP contribution >= 0.6 is 24.0 Å². The standard InChI is InChI=1S/C21H34N4O3S.HI/c1-6-16(3)24-19(26)18-10-8-17(9-11-18)14-23-20(22-7-2)25-12-13-29(27,28)21(4,5)15-25;/h8-11,16H,6-7,12-15H2,1-5H3,(H,22,23)(H,24,26);1H. The van der Waals surface area contributed by atoms with Crippen LogP contribution in [0.1, 0.15) is 57.0 Å². The maximum absolute atomic E-state index is 12.3. The summed E-state index contributed by atoms with van der Waals surface area (Å²) in [6.07, 6.45) is 0.889. The number of rotatable bonds is 6. The van der Waals surface area contributed by atoms with Crippen molar-refractivity contribution in [1.82, 2.24) is 15.5 Å². The summed E-state index contributed by atoms with van der Waals surface area (Å²) >= 11 is 0. The summed E-state index contributed by atoms with van der Waals surface area (Å²) in [5, 5.41) is 6.22. The number of hydrogen-bond donors (Lipinski definition) is 2. The number of carbonyl (C=O) groups is 1. The van der Waals surface area contributed by atoms with Gasteiger partial charge < -0.3 is 15.5 Å². The van der Waals surface area contributed by atoms with Gasteiger partial charge in [-0.15, -0.1) is 24.0 Å². The molecule has 0 radical (unpaired) electrons. The maximum Gasteiger partial charge on any atom is 0.251 e. The molecule has 2 rings (SSSR count). The highest BCUT2D eigenvalue weighted by atomic mass is 127. The first-order chi connectivity index (χ1) is 13.6. The van der Waals surface area contributed by atoms with E-state index in [1.54, 1.807) is 13.8 Å². The fourth-order valence-electron chi connectivity index (χ4n) is 3.09. The molecule has 2 N–H and O–H groups in total. The second kappa shape index (κ2) is 11.3. The molecule has 1 aromatic rings. The van der Waals surface area contributed by atoms with Gasteiger partial charge in [0.1, 0.15) is 0 Å². The van der Waals surface area contributed by atoms with Crippen LogP contribution in [-0.4, -0.2) is 61.4 Å². The van der Waals surface area contributed by atoms with E-state index in [-0.39, 0.29) is 41.7 Å². The Labute approximate surface area is 198 Å². The van der Waals surface area contributed by atoms with E-state index in [4.69, 9.17) is 4.99 Å². The van der Waals surface area contributed by atoms with Crippen molar-refractivity contribution in [3.8, 4) is 0 Å². The SMILES string of the molecule is CCNC(=NCc1ccc(C(=O)NC(C)CC)cc1)N1CCS(=O)(=O)C(C)(C)C1.I. The molecule has 30 heavy (non-hydrogen) atoms. The monoisotopic (exact) mass is 550 g/mol. The van der Waals surface area contributed by atoms with Crippen molar-refractivity contribution in [1.29, 1.82) is 0 Å². The van der Waals surface area contributed by atoms with Gasteiger partial charge in [-0.3, -0.25) is 4.79 Å². The molecular formula is C21H35IN4O3S. The number of amides is 1. The molecule has 1 amide bonds. The van der Waals surface area contributed by atoms with Gasteiger partial charge in [0.05, 0.1) is 17.0 Å². The number of hydrogen-bond acceptors (Lipinski definition) is 4. The molecule has 1 aromatic carbocycles. The minimum Gasteiger partial charge on any atom is -0.357 e.